The molecule has 0 aliphatic rings. The van der Waals surface area contributed by atoms with Crippen LogP contribution in [0.2, 0.25) is 0 Å². The Hall–Kier alpha value is -1.51. The lowest BCUT2D eigenvalue weighted by Crippen LogP contribution is -2.46. The van der Waals surface area contributed by atoms with Crippen LogP contribution in [0.1, 0.15) is 61.6 Å². The van der Waals surface area contributed by atoms with Gasteiger partial charge in [0.15, 0.2) is 5.69 Å². The molecule has 2 unspecified atom stereocenters. The Morgan fingerprint density at radius 2 is 1.96 bits per heavy atom. The van der Waals surface area contributed by atoms with Crippen molar-refractivity contribution in [3.8, 4) is 0 Å². The number of carbonyl (C=O) groups excluding carboxylic acids is 1. The van der Waals surface area contributed by atoms with Crippen LogP contribution in [0.15, 0.2) is 5.38 Å². The number of carboxylic acid groups (broad SMARTS) is 1. The lowest BCUT2D eigenvalue weighted by molar-refractivity contribution is -0.142. The van der Waals surface area contributed by atoms with Crippen molar-refractivity contribution in [2.24, 2.45) is 5.92 Å². The van der Waals surface area contributed by atoms with Gasteiger partial charge in [0.05, 0.1) is 0 Å². The molecule has 0 saturated carbocycles. The molecule has 0 bridgehead atoms. The summed E-state index contributed by atoms with van der Waals surface area (Å²) in [6.07, 6.45) is -0.686. The number of aromatic carboxylic acids is 1. The number of aromatic nitrogens is 1. The molecule has 0 aromatic carbocycles. The Bertz CT molecular complexity index is 560. The number of aliphatic hydroxyl groups is 2. The van der Waals surface area contributed by atoms with Crippen molar-refractivity contribution in [3.05, 3.63) is 16.1 Å². The first-order chi connectivity index (χ1) is 11.2. The number of thiazole rings is 1. The summed E-state index contributed by atoms with van der Waals surface area (Å²) < 4.78 is 0. The summed E-state index contributed by atoms with van der Waals surface area (Å²) in [4.78, 5) is 28.6. The van der Waals surface area contributed by atoms with E-state index in [4.69, 9.17) is 5.11 Å². The average Bonchev–Trinajstić information content (AvgIpc) is 3.01. The quantitative estimate of drug-likeness (QED) is 0.622. The third-order valence-corrected chi connectivity index (χ3v) is 4.90. The summed E-state index contributed by atoms with van der Waals surface area (Å²) in [5.41, 5.74) is -0.0991. The molecule has 1 amide bonds. The van der Waals surface area contributed by atoms with Crippen LogP contribution in [0.5, 0.6) is 0 Å². The van der Waals surface area contributed by atoms with Crippen molar-refractivity contribution in [3.63, 3.8) is 0 Å². The maximum Gasteiger partial charge on any atom is 0.355 e. The van der Waals surface area contributed by atoms with Gasteiger partial charge in [0, 0.05) is 24.9 Å². The highest BCUT2D eigenvalue weighted by Gasteiger charge is 2.30. The third-order valence-electron chi connectivity index (χ3n) is 3.95. The fourth-order valence-electron chi connectivity index (χ4n) is 2.54. The van der Waals surface area contributed by atoms with E-state index in [0.29, 0.717) is 17.8 Å². The van der Waals surface area contributed by atoms with Crippen molar-refractivity contribution < 1.29 is 24.9 Å². The van der Waals surface area contributed by atoms with Gasteiger partial charge < -0.3 is 20.2 Å². The van der Waals surface area contributed by atoms with E-state index >= 15 is 0 Å². The van der Waals surface area contributed by atoms with Crippen LogP contribution >= 0.6 is 11.3 Å². The Labute approximate surface area is 146 Å². The zero-order valence-electron chi connectivity index (χ0n) is 14.5. The van der Waals surface area contributed by atoms with Gasteiger partial charge >= 0.3 is 5.97 Å². The molecule has 0 saturated heterocycles. The van der Waals surface area contributed by atoms with Crippen molar-refractivity contribution in [1.29, 1.82) is 0 Å². The van der Waals surface area contributed by atoms with Gasteiger partial charge in [-0.1, -0.05) is 27.2 Å². The molecule has 7 nitrogen and oxygen atoms in total. The molecular weight excluding hydrogens is 332 g/mol. The predicted molar refractivity (Wildman–Crippen MR) is 91.0 cm³/mol. The Kier molecular flexibility index (Phi) is 7.78. The van der Waals surface area contributed by atoms with Crippen LogP contribution in [-0.4, -0.2) is 56.3 Å². The molecule has 0 fully saturated rings. The van der Waals surface area contributed by atoms with Gasteiger partial charge in [-0.2, -0.15) is 0 Å². The Morgan fingerprint density at radius 3 is 2.42 bits per heavy atom. The maximum atomic E-state index is 12.3. The fraction of sp³-hybridized carbons (Fsp3) is 0.688. The molecule has 0 radical (unpaired) electrons. The second-order valence-electron chi connectivity index (χ2n) is 6.19. The molecule has 3 N–H and O–H groups in total. The molecule has 1 heterocycles. The first-order valence-corrected chi connectivity index (χ1v) is 8.88. The SMILES string of the molecule is CCC[C@H](O)C(=O)N(C)C(CC(O)c1nc(C(=O)O)cs1)C(C)C. The number of aliphatic hydroxyl groups excluding tert-OH is 2. The Balaban J connectivity index is 2.84. The molecule has 1 aromatic heterocycles. The van der Waals surface area contributed by atoms with Gasteiger partial charge in [-0.15, -0.1) is 11.3 Å². The smallest absolute Gasteiger partial charge is 0.355 e. The van der Waals surface area contributed by atoms with Crippen LogP contribution in [0.4, 0.5) is 0 Å². The largest absolute Gasteiger partial charge is 0.476 e. The molecule has 1 aromatic rings. The van der Waals surface area contributed by atoms with E-state index in [1.165, 1.54) is 10.3 Å². The standard InChI is InChI=1S/C16H26N2O5S/c1-5-6-12(19)15(21)18(4)11(9(2)3)7-13(20)14-17-10(8-24-14)16(22)23/h8-9,11-13,19-20H,5-7H2,1-4H3,(H,22,23)/t11?,12-,13?/m0/s1. The second-order valence-corrected chi connectivity index (χ2v) is 7.08. The first kappa shape index (κ1) is 20.5. The van der Waals surface area contributed by atoms with Gasteiger partial charge in [-0.25, -0.2) is 9.78 Å². The van der Waals surface area contributed by atoms with Crippen LogP contribution in [0.3, 0.4) is 0 Å². The zero-order valence-corrected chi connectivity index (χ0v) is 15.3. The predicted octanol–water partition coefficient (Wildman–Crippen LogP) is 1.91. The van der Waals surface area contributed by atoms with Crippen LogP contribution in [-0.2, 0) is 4.79 Å². The van der Waals surface area contributed by atoms with Gasteiger partial charge in [0.2, 0.25) is 0 Å². The topological polar surface area (TPSA) is 111 Å². The number of carbonyl (C=O) groups is 2. The highest BCUT2D eigenvalue weighted by atomic mass is 32.1. The summed E-state index contributed by atoms with van der Waals surface area (Å²) >= 11 is 1.08. The van der Waals surface area contributed by atoms with Gasteiger partial charge in [-0.3, -0.25) is 4.79 Å². The number of nitrogens with zero attached hydrogens (tertiary/aromatic N) is 2. The van der Waals surface area contributed by atoms with Gasteiger partial charge in [0.1, 0.15) is 17.2 Å². The first-order valence-electron chi connectivity index (χ1n) is 8.00. The molecule has 136 valence electrons. The van der Waals surface area contributed by atoms with Crippen molar-refractivity contribution in [2.45, 2.75) is 58.3 Å². The zero-order chi connectivity index (χ0) is 18.4. The molecule has 24 heavy (non-hydrogen) atoms. The minimum Gasteiger partial charge on any atom is -0.476 e. The number of amides is 1. The van der Waals surface area contributed by atoms with Gasteiger partial charge in [-0.05, 0) is 12.3 Å². The van der Waals surface area contributed by atoms with E-state index in [1.54, 1.807) is 7.05 Å². The van der Waals surface area contributed by atoms with Crippen LogP contribution in [0.25, 0.3) is 0 Å². The summed E-state index contributed by atoms with van der Waals surface area (Å²) in [7, 11) is 1.61. The summed E-state index contributed by atoms with van der Waals surface area (Å²) in [6.45, 7) is 5.75. The lowest BCUT2D eigenvalue weighted by Gasteiger charge is -2.33. The van der Waals surface area contributed by atoms with E-state index in [1.807, 2.05) is 20.8 Å². The number of likely N-dealkylation sites (N-methyl/N-ethyl adjacent to an activating group) is 1. The van der Waals surface area contributed by atoms with Crippen molar-refractivity contribution >= 4 is 23.2 Å². The minimum absolute atomic E-state index is 0.0568. The van der Waals surface area contributed by atoms with Crippen LogP contribution in [0, 0.1) is 5.92 Å². The molecule has 1 rings (SSSR count). The number of carboxylic acids is 1. The van der Waals surface area contributed by atoms with E-state index < -0.39 is 18.2 Å². The highest BCUT2D eigenvalue weighted by Crippen LogP contribution is 2.27. The van der Waals surface area contributed by atoms with E-state index in [2.05, 4.69) is 4.98 Å². The third kappa shape index (κ3) is 5.25. The van der Waals surface area contributed by atoms with Gasteiger partial charge in [0.25, 0.3) is 5.91 Å². The second kappa shape index (κ2) is 9.10. The molecule has 8 heteroatoms. The molecule has 0 spiro atoms. The lowest BCUT2D eigenvalue weighted by atomic mass is 9.96. The van der Waals surface area contributed by atoms with Crippen molar-refractivity contribution in [1.82, 2.24) is 9.88 Å². The van der Waals surface area contributed by atoms with E-state index in [0.717, 1.165) is 11.3 Å². The number of hydrogen-bond acceptors (Lipinski definition) is 6. The van der Waals surface area contributed by atoms with Crippen LogP contribution < -0.4 is 0 Å². The van der Waals surface area contributed by atoms with Crippen molar-refractivity contribution in [2.75, 3.05) is 7.05 Å². The molecule has 0 aliphatic carbocycles. The molecule has 0 aliphatic heterocycles. The number of rotatable bonds is 9. The summed E-state index contributed by atoms with van der Waals surface area (Å²) in [5.74, 6) is -1.45. The Morgan fingerprint density at radius 1 is 1.33 bits per heavy atom. The number of hydrogen-bond donors (Lipinski definition) is 3. The minimum atomic E-state index is -1.14. The summed E-state index contributed by atoms with van der Waals surface area (Å²) in [6, 6.07) is -0.295. The highest BCUT2D eigenvalue weighted by molar-refractivity contribution is 7.09. The molecule has 3 atom stereocenters. The monoisotopic (exact) mass is 358 g/mol. The fourth-order valence-corrected chi connectivity index (χ4v) is 3.33. The normalized spacial score (nSPS) is 15.1. The molecular formula is C16H26N2O5S. The maximum absolute atomic E-state index is 12.3. The van der Waals surface area contributed by atoms with E-state index in [-0.39, 0.29) is 30.0 Å². The van der Waals surface area contributed by atoms with E-state index in [9.17, 15) is 19.8 Å². The average molecular weight is 358 g/mol. The summed E-state index contributed by atoms with van der Waals surface area (Å²) in [5, 5.41) is 30.9.